The van der Waals surface area contributed by atoms with Crippen molar-refractivity contribution < 1.29 is 4.79 Å². The van der Waals surface area contributed by atoms with E-state index in [1.54, 1.807) is 6.08 Å². The number of nitrogens with one attached hydrogen (secondary N) is 1. The molecule has 110 valence electrons. The zero-order valence-corrected chi connectivity index (χ0v) is 12.7. The number of carbonyl (C=O) groups excluding carboxylic acids is 1. The van der Waals surface area contributed by atoms with E-state index in [4.69, 9.17) is 0 Å². The Bertz CT molecular complexity index is 596. The fourth-order valence-corrected chi connectivity index (χ4v) is 3.25. The van der Waals surface area contributed by atoms with E-state index >= 15 is 0 Å². The number of hydrogen-bond donors (Lipinski definition) is 1. The van der Waals surface area contributed by atoms with Crippen molar-refractivity contribution in [2.75, 3.05) is 0 Å². The Labute approximate surface area is 126 Å². The van der Waals surface area contributed by atoms with Gasteiger partial charge in [-0.15, -0.1) is 0 Å². The Morgan fingerprint density at radius 3 is 2.90 bits per heavy atom. The first kappa shape index (κ1) is 14.3. The van der Waals surface area contributed by atoms with Gasteiger partial charge in [-0.05, 0) is 60.9 Å². The van der Waals surface area contributed by atoms with E-state index in [-0.39, 0.29) is 5.78 Å². The second-order valence-electron chi connectivity index (χ2n) is 6.25. The fraction of sp³-hybridized carbons (Fsp3) is 0.421. The molecule has 1 atom stereocenters. The molecule has 1 saturated carbocycles. The largest absolute Gasteiger partial charge is 0.310 e. The summed E-state index contributed by atoms with van der Waals surface area (Å²) in [6, 6.07) is 4.77. The predicted octanol–water partition coefficient (Wildman–Crippen LogP) is 3.90. The average Bonchev–Trinajstić information content (AvgIpc) is 2.43. The summed E-state index contributed by atoms with van der Waals surface area (Å²) in [5.41, 5.74) is 4.24. The van der Waals surface area contributed by atoms with Gasteiger partial charge in [-0.1, -0.05) is 31.2 Å². The van der Waals surface area contributed by atoms with E-state index in [0.717, 1.165) is 35.6 Å². The first-order chi connectivity index (χ1) is 10.2. The van der Waals surface area contributed by atoms with Gasteiger partial charge in [0.2, 0.25) is 0 Å². The van der Waals surface area contributed by atoms with Crippen LogP contribution in [0.15, 0.2) is 30.9 Å². The van der Waals surface area contributed by atoms with Crippen molar-refractivity contribution in [1.82, 2.24) is 5.32 Å². The molecule has 0 amide bonds. The van der Waals surface area contributed by atoms with Gasteiger partial charge in [-0.2, -0.15) is 0 Å². The molecule has 0 aliphatic heterocycles. The Morgan fingerprint density at radius 2 is 2.24 bits per heavy atom. The maximum absolute atomic E-state index is 12.1. The molecule has 0 saturated heterocycles. The van der Waals surface area contributed by atoms with Gasteiger partial charge in [0.25, 0.3) is 0 Å². The lowest BCUT2D eigenvalue weighted by atomic mass is 9.80. The second kappa shape index (κ2) is 5.98. The minimum Gasteiger partial charge on any atom is -0.310 e. The molecule has 21 heavy (non-hydrogen) atoms. The molecule has 0 heterocycles. The standard InChI is InChI=1S/C19H23NO/c1-3-15-10-14(12-20-13(2)16-6-4-7-16)11-18-17(15)8-5-9-19(18)21/h3,5,9-11,13,16,20H,1,4,6-8,12H2,2H3/t13-/m0/s1. The van der Waals surface area contributed by atoms with Crippen LogP contribution in [0, 0.1) is 5.92 Å². The molecular formula is C19H23NO. The van der Waals surface area contributed by atoms with Crippen LogP contribution in [0.3, 0.4) is 0 Å². The third-order valence-electron chi connectivity index (χ3n) is 4.91. The second-order valence-corrected chi connectivity index (χ2v) is 6.25. The monoisotopic (exact) mass is 281 g/mol. The molecule has 2 aliphatic rings. The van der Waals surface area contributed by atoms with Crippen molar-refractivity contribution in [2.24, 2.45) is 5.92 Å². The van der Waals surface area contributed by atoms with Crippen LogP contribution in [0.25, 0.3) is 6.08 Å². The van der Waals surface area contributed by atoms with E-state index in [0.29, 0.717) is 6.04 Å². The highest BCUT2D eigenvalue weighted by atomic mass is 16.1. The zero-order valence-electron chi connectivity index (χ0n) is 12.7. The SMILES string of the molecule is C=Cc1cc(CN[C@@H](C)C2CCC2)cc2c1CC=CC2=O. The summed E-state index contributed by atoms with van der Waals surface area (Å²) in [4.78, 5) is 12.1. The first-order valence-corrected chi connectivity index (χ1v) is 7.91. The van der Waals surface area contributed by atoms with Gasteiger partial charge in [0, 0.05) is 18.2 Å². The van der Waals surface area contributed by atoms with Gasteiger partial charge < -0.3 is 5.32 Å². The molecule has 2 aliphatic carbocycles. The average molecular weight is 281 g/mol. The molecule has 2 nitrogen and oxygen atoms in total. The first-order valence-electron chi connectivity index (χ1n) is 7.91. The third-order valence-corrected chi connectivity index (χ3v) is 4.91. The van der Waals surface area contributed by atoms with Crippen LogP contribution in [0.4, 0.5) is 0 Å². The fourth-order valence-electron chi connectivity index (χ4n) is 3.25. The van der Waals surface area contributed by atoms with Gasteiger partial charge in [0.1, 0.15) is 0 Å². The molecular weight excluding hydrogens is 258 g/mol. The molecule has 1 N–H and O–H groups in total. The number of carbonyl (C=O) groups is 1. The Morgan fingerprint density at radius 1 is 1.43 bits per heavy atom. The van der Waals surface area contributed by atoms with Crippen LogP contribution in [0.5, 0.6) is 0 Å². The van der Waals surface area contributed by atoms with E-state index in [9.17, 15) is 4.79 Å². The van der Waals surface area contributed by atoms with Crippen molar-refractivity contribution in [2.45, 2.75) is 45.2 Å². The van der Waals surface area contributed by atoms with Crippen molar-refractivity contribution in [3.63, 3.8) is 0 Å². The highest BCUT2D eigenvalue weighted by Crippen LogP contribution is 2.30. The van der Waals surface area contributed by atoms with Gasteiger partial charge in [0.15, 0.2) is 5.78 Å². The number of fused-ring (bicyclic) bond motifs is 1. The maximum atomic E-state index is 12.1. The van der Waals surface area contributed by atoms with Crippen molar-refractivity contribution >= 4 is 11.9 Å². The van der Waals surface area contributed by atoms with Gasteiger partial charge >= 0.3 is 0 Å². The van der Waals surface area contributed by atoms with Crippen LogP contribution in [0.1, 0.15) is 53.2 Å². The summed E-state index contributed by atoms with van der Waals surface area (Å²) in [5, 5.41) is 3.61. The smallest absolute Gasteiger partial charge is 0.185 e. The van der Waals surface area contributed by atoms with Crippen LogP contribution in [-0.4, -0.2) is 11.8 Å². The van der Waals surface area contributed by atoms with Gasteiger partial charge in [-0.25, -0.2) is 0 Å². The van der Waals surface area contributed by atoms with Crippen LogP contribution in [-0.2, 0) is 13.0 Å². The molecule has 0 unspecified atom stereocenters. The Hall–Kier alpha value is -1.67. The van der Waals surface area contributed by atoms with Crippen LogP contribution in [0.2, 0.25) is 0 Å². The molecule has 0 bridgehead atoms. The lowest BCUT2D eigenvalue weighted by Crippen LogP contribution is -2.36. The Balaban J connectivity index is 1.78. The molecule has 2 heteroatoms. The van der Waals surface area contributed by atoms with Gasteiger partial charge in [0.05, 0.1) is 0 Å². The quantitative estimate of drug-likeness (QED) is 0.886. The number of ketones is 1. The van der Waals surface area contributed by atoms with Crippen LogP contribution >= 0.6 is 0 Å². The molecule has 1 aromatic rings. The summed E-state index contributed by atoms with van der Waals surface area (Å²) >= 11 is 0. The minimum atomic E-state index is 0.119. The number of rotatable bonds is 5. The number of allylic oxidation sites excluding steroid dienone is 2. The summed E-state index contributed by atoms with van der Waals surface area (Å²) in [5.74, 6) is 0.944. The maximum Gasteiger partial charge on any atom is 0.185 e. The van der Waals surface area contributed by atoms with Crippen molar-refractivity contribution in [1.29, 1.82) is 0 Å². The third kappa shape index (κ3) is 2.86. The van der Waals surface area contributed by atoms with Gasteiger partial charge in [-0.3, -0.25) is 4.79 Å². The lowest BCUT2D eigenvalue weighted by Gasteiger charge is -2.32. The minimum absolute atomic E-state index is 0.119. The van der Waals surface area contributed by atoms with E-state index in [1.807, 2.05) is 12.2 Å². The molecule has 1 fully saturated rings. The Kier molecular flexibility index (Phi) is 4.07. The molecule has 0 spiro atoms. The molecule has 3 rings (SSSR count). The van der Waals surface area contributed by atoms with E-state index < -0.39 is 0 Å². The normalized spacial score (nSPS) is 19.0. The topological polar surface area (TPSA) is 29.1 Å². The zero-order chi connectivity index (χ0) is 14.8. The van der Waals surface area contributed by atoms with Crippen molar-refractivity contribution in [3.05, 3.63) is 53.1 Å². The van der Waals surface area contributed by atoms with Crippen molar-refractivity contribution in [3.8, 4) is 0 Å². The molecule has 0 radical (unpaired) electrons. The summed E-state index contributed by atoms with van der Waals surface area (Å²) in [6.07, 6.45) is 10.4. The summed E-state index contributed by atoms with van der Waals surface area (Å²) < 4.78 is 0. The highest BCUT2D eigenvalue weighted by Gasteiger charge is 2.23. The van der Waals surface area contributed by atoms with Crippen LogP contribution < -0.4 is 5.32 Å². The summed E-state index contributed by atoms with van der Waals surface area (Å²) in [7, 11) is 0. The number of hydrogen-bond acceptors (Lipinski definition) is 2. The highest BCUT2D eigenvalue weighted by molar-refractivity contribution is 6.07. The van der Waals surface area contributed by atoms with E-state index in [2.05, 4.69) is 31.0 Å². The predicted molar refractivity (Wildman–Crippen MR) is 87.4 cm³/mol. The molecule has 1 aromatic carbocycles. The number of benzene rings is 1. The lowest BCUT2D eigenvalue weighted by molar-refractivity contribution is 0.104. The summed E-state index contributed by atoms with van der Waals surface area (Å²) in [6.45, 7) is 6.99. The van der Waals surface area contributed by atoms with E-state index in [1.165, 1.54) is 24.8 Å². The molecule has 0 aromatic heterocycles.